The van der Waals surface area contributed by atoms with Gasteiger partial charge in [0.1, 0.15) is 0 Å². The van der Waals surface area contributed by atoms with Crippen LogP contribution in [0.3, 0.4) is 0 Å². The van der Waals surface area contributed by atoms with E-state index in [4.69, 9.17) is 9.84 Å². The number of carbonyl (C=O) groups is 1. The molecule has 0 aliphatic heterocycles. The van der Waals surface area contributed by atoms with Gasteiger partial charge >= 0.3 is 5.97 Å². The van der Waals surface area contributed by atoms with Gasteiger partial charge in [0.15, 0.2) is 11.6 Å². The zero-order valence-electron chi connectivity index (χ0n) is 10.2. The summed E-state index contributed by atoms with van der Waals surface area (Å²) < 4.78 is 19.0. The number of ether oxygens (including phenoxy) is 1. The van der Waals surface area contributed by atoms with E-state index in [1.807, 2.05) is 0 Å². The highest BCUT2D eigenvalue weighted by atomic mass is 19.1. The van der Waals surface area contributed by atoms with Gasteiger partial charge in [-0.2, -0.15) is 0 Å². The van der Waals surface area contributed by atoms with E-state index in [-0.39, 0.29) is 11.3 Å². The normalized spacial score (nSPS) is 16.5. The minimum Gasteiger partial charge on any atom is -0.490 e. The van der Waals surface area contributed by atoms with E-state index in [0.29, 0.717) is 12.5 Å². The first-order chi connectivity index (χ1) is 8.66. The van der Waals surface area contributed by atoms with Gasteiger partial charge in [-0.25, -0.2) is 9.18 Å². The maximum absolute atomic E-state index is 13.6. The Kier molecular flexibility index (Phi) is 4.18. The highest BCUT2D eigenvalue weighted by molar-refractivity contribution is 5.87. The van der Waals surface area contributed by atoms with Crippen LogP contribution in [0.2, 0.25) is 0 Å². The van der Waals surface area contributed by atoms with Crippen molar-refractivity contribution in [3.63, 3.8) is 0 Å². The topological polar surface area (TPSA) is 46.5 Å². The van der Waals surface area contributed by atoms with Crippen LogP contribution in [0.1, 0.15) is 42.5 Å². The predicted molar refractivity (Wildman–Crippen MR) is 65.4 cm³/mol. The first kappa shape index (κ1) is 12.9. The van der Waals surface area contributed by atoms with Crippen LogP contribution >= 0.6 is 0 Å². The largest absolute Gasteiger partial charge is 0.490 e. The summed E-state index contributed by atoms with van der Waals surface area (Å²) in [4.78, 5) is 10.7. The van der Waals surface area contributed by atoms with E-state index in [0.717, 1.165) is 18.9 Å². The Hall–Kier alpha value is -1.58. The molecule has 1 fully saturated rings. The van der Waals surface area contributed by atoms with Crippen molar-refractivity contribution >= 4 is 5.97 Å². The Morgan fingerprint density at radius 1 is 1.33 bits per heavy atom. The van der Waals surface area contributed by atoms with E-state index in [1.165, 1.54) is 31.4 Å². The molecule has 3 nitrogen and oxygen atoms in total. The number of hydrogen-bond acceptors (Lipinski definition) is 2. The van der Waals surface area contributed by atoms with Crippen molar-refractivity contribution in [1.29, 1.82) is 0 Å². The van der Waals surface area contributed by atoms with Gasteiger partial charge in [0.05, 0.1) is 12.2 Å². The highest BCUT2D eigenvalue weighted by Crippen LogP contribution is 2.25. The molecule has 0 radical (unpaired) electrons. The summed E-state index contributed by atoms with van der Waals surface area (Å²) >= 11 is 0. The Balaban J connectivity index is 1.94. The maximum atomic E-state index is 13.6. The molecule has 0 heterocycles. The zero-order chi connectivity index (χ0) is 13.0. The average Bonchev–Trinajstić information content (AvgIpc) is 2.38. The van der Waals surface area contributed by atoms with Gasteiger partial charge in [-0.15, -0.1) is 0 Å². The number of carboxylic acids is 1. The van der Waals surface area contributed by atoms with E-state index in [9.17, 15) is 9.18 Å². The van der Waals surface area contributed by atoms with E-state index in [2.05, 4.69) is 0 Å². The standard InChI is InChI=1S/C14H17FO3/c15-12-8-11(14(16)17)6-7-13(12)18-9-10-4-2-1-3-5-10/h6-8,10H,1-5,9H2,(H,16,17). The molecule has 2 rings (SSSR count). The SMILES string of the molecule is O=C(O)c1ccc(OCC2CCCCC2)c(F)c1. The second-order valence-corrected chi connectivity index (χ2v) is 4.77. The number of rotatable bonds is 4. The first-order valence-electron chi connectivity index (χ1n) is 6.32. The lowest BCUT2D eigenvalue weighted by atomic mass is 9.90. The fraction of sp³-hybridized carbons (Fsp3) is 0.500. The van der Waals surface area contributed by atoms with Crippen molar-refractivity contribution in [2.45, 2.75) is 32.1 Å². The predicted octanol–water partition coefficient (Wildman–Crippen LogP) is 3.48. The number of hydrogen-bond donors (Lipinski definition) is 1. The van der Waals surface area contributed by atoms with Crippen LogP contribution in [0.5, 0.6) is 5.75 Å². The van der Waals surface area contributed by atoms with E-state index < -0.39 is 11.8 Å². The van der Waals surface area contributed by atoms with Gasteiger partial charge < -0.3 is 9.84 Å². The van der Waals surface area contributed by atoms with Crippen molar-refractivity contribution in [1.82, 2.24) is 0 Å². The summed E-state index contributed by atoms with van der Waals surface area (Å²) in [5, 5.41) is 8.73. The summed E-state index contributed by atoms with van der Waals surface area (Å²) in [5.41, 5.74) is -0.0579. The molecule has 1 aliphatic carbocycles. The van der Waals surface area contributed by atoms with E-state index >= 15 is 0 Å². The van der Waals surface area contributed by atoms with Crippen molar-refractivity contribution < 1.29 is 19.0 Å². The monoisotopic (exact) mass is 252 g/mol. The number of carboxylic acid groups (broad SMARTS) is 1. The van der Waals surface area contributed by atoms with Crippen LogP contribution in [0, 0.1) is 11.7 Å². The Morgan fingerprint density at radius 3 is 2.67 bits per heavy atom. The highest BCUT2D eigenvalue weighted by Gasteiger charge is 2.15. The van der Waals surface area contributed by atoms with Crippen LogP contribution < -0.4 is 4.74 Å². The number of aromatic carboxylic acids is 1. The Bertz CT molecular complexity index is 425. The summed E-state index contributed by atoms with van der Waals surface area (Å²) in [6.45, 7) is 0.517. The molecule has 4 heteroatoms. The third kappa shape index (κ3) is 3.22. The molecule has 18 heavy (non-hydrogen) atoms. The van der Waals surface area contributed by atoms with Gasteiger partial charge in [-0.05, 0) is 37.0 Å². The van der Waals surface area contributed by atoms with Crippen molar-refractivity contribution in [3.8, 4) is 5.75 Å². The third-order valence-corrected chi connectivity index (χ3v) is 3.38. The molecular weight excluding hydrogens is 235 g/mol. The second-order valence-electron chi connectivity index (χ2n) is 4.77. The number of halogens is 1. The molecule has 0 bridgehead atoms. The Labute approximate surface area is 106 Å². The van der Waals surface area contributed by atoms with Crippen molar-refractivity contribution in [2.75, 3.05) is 6.61 Å². The van der Waals surface area contributed by atoms with Crippen LogP contribution in [0.25, 0.3) is 0 Å². The maximum Gasteiger partial charge on any atom is 0.335 e. The summed E-state index contributed by atoms with van der Waals surface area (Å²) in [7, 11) is 0. The molecule has 1 N–H and O–H groups in total. The minimum atomic E-state index is -1.13. The molecule has 98 valence electrons. The zero-order valence-corrected chi connectivity index (χ0v) is 10.2. The quantitative estimate of drug-likeness (QED) is 0.892. The summed E-state index contributed by atoms with van der Waals surface area (Å²) in [6, 6.07) is 3.75. The van der Waals surface area contributed by atoms with Gasteiger partial charge in [0, 0.05) is 0 Å². The summed E-state index contributed by atoms with van der Waals surface area (Å²) in [5.74, 6) is -1.10. The van der Waals surface area contributed by atoms with Crippen LogP contribution in [0.4, 0.5) is 4.39 Å². The fourth-order valence-corrected chi connectivity index (χ4v) is 2.31. The molecule has 0 saturated heterocycles. The van der Waals surface area contributed by atoms with Gasteiger partial charge in [-0.3, -0.25) is 0 Å². The smallest absolute Gasteiger partial charge is 0.335 e. The van der Waals surface area contributed by atoms with Crippen molar-refractivity contribution in [2.24, 2.45) is 5.92 Å². The summed E-state index contributed by atoms with van der Waals surface area (Å²) in [6.07, 6.45) is 5.98. The molecule has 0 unspecified atom stereocenters. The molecular formula is C14H17FO3. The lowest BCUT2D eigenvalue weighted by Crippen LogP contribution is -2.15. The van der Waals surface area contributed by atoms with Crippen LogP contribution in [-0.2, 0) is 0 Å². The Morgan fingerprint density at radius 2 is 2.06 bits per heavy atom. The molecule has 1 aliphatic rings. The molecule has 1 aromatic carbocycles. The number of benzene rings is 1. The van der Waals surface area contributed by atoms with E-state index in [1.54, 1.807) is 0 Å². The fourth-order valence-electron chi connectivity index (χ4n) is 2.31. The molecule has 0 atom stereocenters. The second kappa shape index (κ2) is 5.85. The molecule has 0 aromatic heterocycles. The first-order valence-corrected chi connectivity index (χ1v) is 6.32. The molecule has 1 saturated carbocycles. The van der Waals surface area contributed by atoms with Crippen LogP contribution in [0.15, 0.2) is 18.2 Å². The van der Waals surface area contributed by atoms with Gasteiger partial charge in [0.25, 0.3) is 0 Å². The minimum absolute atomic E-state index is 0.0579. The lowest BCUT2D eigenvalue weighted by Gasteiger charge is -2.21. The average molecular weight is 252 g/mol. The van der Waals surface area contributed by atoms with Gasteiger partial charge in [-0.1, -0.05) is 19.3 Å². The molecule has 0 spiro atoms. The molecule has 1 aromatic rings. The lowest BCUT2D eigenvalue weighted by molar-refractivity contribution is 0.0696. The molecule has 0 amide bonds. The van der Waals surface area contributed by atoms with Crippen molar-refractivity contribution in [3.05, 3.63) is 29.6 Å². The van der Waals surface area contributed by atoms with Crippen LogP contribution in [-0.4, -0.2) is 17.7 Å². The third-order valence-electron chi connectivity index (χ3n) is 3.38. The van der Waals surface area contributed by atoms with Gasteiger partial charge in [0.2, 0.25) is 0 Å².